The van der Waals surface area contributed by atoms with E-state index in [1.807, 2.05) is 6.07 Å². The first-order chi connectivity index (χ1) is 18.0. The van der Waals surface area contributed by atoms with Gasteiger partial charge >= 0.3 is 0 Å². The molecule has 3 aromatic rings. The monoisotopic (exact) mass is 510 g/mol. The number of morpholine rings is 1. The molecule has 0 spiro atoms. The van der Waals surface area contributed by atoms with Crippen molar-refractivity contribution in [3.8, 4) is 11.5 Å². The summed E-state index contributed by atoms with van der Waals surface area (Å²) in [4.78, 5) is 31.2. The Kier molecular flexibility index (Phi) is 7.43. The third-order valence-corrected chi connectivity index (χ3v) is 6.95. The minimum absolute atomic E-state index is 0.00155. The van der Waals surface area contributed by atoms with Crippen molar-refractivity contribution in [1.29, 1.82) is 0 Å². The van der Waals surface area contributed by atoms with Gasteiger partial charge in [-0.1, -0.05) is 19.4 Å². The zero-order chi connectivity index (χ0) is 25.9. The van der Waals surface area contributed by atoms with Gasteiger partial charge in [0.05, 0.1) is 43.9 Å². The van der Waals surface area contributed by atoms with Gasteiger partial charge in [-0.2, -0.15) is 0 Å². The first-order valence-corrected chi connectivity index (χ1v) is 12.7. The van der Waals surface area contributed by atoms with Gasteiger partial charge in [-0.15, -0.1) is 0 Å². The minimum atomic E-state index is -0.703. The normalized spacial score (nSPS) is 17.9. The Bertz CT molecular complexity index is 1350. The van der Waals surface area contributed by atoms with Crippen molar-refractivity contribution in [2.45, 2.75) is 25.8 Å². The molecule has 37 heavy (non-hydrogen) atoms. The Morgan fingerprint density at radius 1 is 1.05 bits per heavy atom. The Morgan fingerprint density at radius 2 is 1.86 bits per heavy atom. The van der Waals surface area contributed by atoms with Crippen LogP contribution in [0.1, 0.15) is 47.5 Å². The fourth-order valence-corrected chi connectivity index (χ4v) is 4.94. The quantitative estimate of drug-likeness (QED) is 0.403. The molecule has 3 heterocycles. The largest absolute Gasteiger partial charge is 0.493 e. The van der Waals surface area contributed by atoms with Crippen molar-refractivity contribution in [2.24, 2.45) is 0 Å². The number of benzene rings is 2. The topological polar surface area (TPSA) is 81.5 Å². The van der Waals surface area contributed by atoms with Crippen LogP contribution in [0.5, 0.6) is 11.5 Å². The van der Waals surface area contributed by atoms with Gasteiger partial charge in [0.2, 0.25) is 5.76 Å². The molecule has 2 aromatic carbocycles. The highest BCUT2D eigenvalue weighted by atomic mass is 19.1. The number of hydrogen-bond donors (Lipinski definition) is 0. The van der Waals surface area contributed by atoms with Crippen LogP contribution in [0.15, 0.2) is 45.6 Å². The highest BCUT2D eigenvalue weighted by molar-refractivity contribution is 5.99. The van der Waals surface area contributed by atoms with Crippen LogP contribution in [0, 0.1) is 5.82 Å². The number of methoxy groups -OCH3 is 1. The van der Waals surface area contributed by atoms with E-state index < -0.39 is 17.3 Å². The molecule has 9 heteroatoms. The number of unbranched alkanes of at least 4 members (excludes halogenated alkanes) is 1. The molecule has 1 amide bonds. The zero-order valence-electron chi connectivity index (χ0n) is 21.1. The Hall–Kier alpha value is -3.43. The summed E-state index contributed by atoms with van der Waals surface area (Å²) in [5.74, 6) is 0.202. The van der Waals surface area contributed by atoms with Crippen LogP contribution in [0.3, 0.4) is 0 Å². The molecule has 1 unspecified atom stereocenters. The van der Waals surface area contributed by atoms with Crippen LogP contribution >= 0.6 is 0 Å². The number of carbonyl (C=O) groups excluding carboxylic acids is 1. The maximum Gasteiger partial charge on any atom is 0.290 e. The first kappa shape index (κ1) is 25.2. The van der Waals surface area contributed by atoms with Crippen molar-refractivity contribution < 1.29 is 27.8 Å². The smallest absolute Gasteiger partial charge is 0.290 e. The highest BCUT2D eigenvalue weighted by Gasteiger charge is 2.43. The fourth-order valence-electron chi connectivity index (χ4n) is 4.94. The van der Waals surface area contributed by atoms with Crippen molar-refractivity contribution in [1.82, 2.24) is 9.80 Å². The molecule has 1 atom stereocenters. The van der Waals surface area contributed by atoms with E-state index in [1.165, 1.54) is 12.1 Å². The maximum absolute atomic E-state index is 14.0. The number of hydrogen-bond acceptors (Lipinski definition) is 7. The Morgan fingerprint density at radius 3 is 2.62 bits per heavy atom. The third-order valence-electron chi connectivity index (χ3n) is 6.95. The molecule has 2 aliphatic rings. The van der Waals surface area contributed by atoms with Gasteiger partial charge < -0.3 is 23.5 Å². The van der Waals surface area contributed by atoms with Crippen molar-refractivity contribution in [3.05, 3.63) is 69.3 Å². The molecular formula is C28H31FN2O6. The van der Waals surface area contributed by atoms with Crippen LogP contribution in [0.4, 0.5) is 4.39 Å². The standard InChI is InChI=1S/C28H31FN2O6/c1-3-4-13-36-22-7-5-18(16-23(22)34-2)25-24-26(32)20-17-19(29)6-8-21(20)37-27(24)28(33)31(25)10-9-30-11-14-35-15-12-30/h5-8,16-17,25H,3-4,9-15H2,1-2H3. The second-order valence-electron chi connectivity index (χ2n) is 9.28. The third kappa shape index (κ3) is 4.93. The lowest BCUT2D eigenvalue weighted by molar-refractivity contribution is 0.0314. The average Bonchev–Trinajstić information content (AvgIpc) is 3.20. The molecular weight excluding hydrogens is 479 g/mol. The van der Waals surface area contributed by atoms with Gasteiger partial charge in [0, 0.05) is 26.2 Å². The lowest BCUT2D eigenvalue weighted by Gasteiger charge is -2.31. The summed E-state index contributed by atoms with van der Waals surface area (Å²) in [6, 6.07) is 8.49. The van der Waals surface area contributed by atoms with E-state index >= 15 is 0 Å². The molecule has 5 rings (SSSR count). The van der Waals surface area contributed by atoms with Crippen LogP contribution in [0.25, 0.3) is 11.0 Å². The van der Waals surface area contributed by atoms with Gasteiger partial charge in [0.1, 0.15) is 11.4 Å². The molecule has 1 aromatic heterocycles. The number of fused-ring (bicyclic) bond motifs is 2. The molecule has 2 aliphatic heterocycles. The zero-order valence-corrected chi connectivity index (χ0v) is 21.1. The Labute approximate surface area is 214 Å². The van der Waals surface area contributed by atoms with E-state index in [2.05, 4.69) is 11.8 Å². The summed E-state index contributed by atoms with van der Waals surface area (Å²) in [7, 11) is 1.56. The molecule has 196 valence electrons. The van der Waals surface area contributed by atoms with Crippen LogP contribution < -0.4 is 14.9 Å². The molecule has 1 fully saturated rings. The van der Waals surface area contributed by atoms with Crippen LogP contribution in [-0.4, -0.2) is 68.8 Å². The average molecular weight is 511 g/mol. The molecule has 0 radical (unpaired) electrons. The van der Waals surface area contributed by atoms with E-state index in [4.69, 9.17) is 18.6 Å². The van der Waals surface area contributed by atoms with Gasteiger partial charge in [0.25, 0.3) is 5.91 Å². The second kappa shape index (κ2) is 10.9. The summed E-state index contributed by atoms with van der Waals surface area (Å²) in [5.41, 5.74) is 0.679. The van der Waals surface area contributed by atoms with Gasteiger partial charge in [-0.3, -0.25) is 14.5 Å². The molecule has 0 bridgehead atoms. The number of carbonyl (C=O) groups is 1. The van der Waals surface area contributed by atoms with Gasteiger partial charge in [0.15, 0.2) is 16.9 Å². The molecule has 0 saturated carbocycles. The van der Waals surface area contributed by atoms with Crippen molar-refractivity contribution in [2.75, 3.05) is 53.1 Å². The SMILES string of the molecule is CCCCOc1ccc(C2c3c(oc4ccc(F)cc4c3=O)C(=O)N2CCN2CCOCC2)cc1OC. The summed E-state index contributed by atoms with van der Waals surface area (Å²) in [6.45, 7) is 6.49. The lowest BCUT2D eigenvalue weighted by atomic mass is 9.98. The summed E-state index contributed by atoms with van der Waals surface area (Å²) in [6.07, 6.45) is 1.92. The molecule has 1 saturated heterocycles. The number of ether oxygens (including phenoxy) is 3. The number of amides is 1. The van der Waals surface area contributed by atoms with Gasteiger partial charge in [-0.05, 0) is 42.3 Å². The summed E-state index contributed by atoms with van der Waals surface area (Å²) >= 11 is 0. The molecule has 0 aliphatic carbocycles. The van der Waals surface area contributed by atoms with Gasteiger partial charge in [-0.25, -0.2) is 4.39 Å². The predicted octanol–water partition coefficient (Wildman–Crippen LogP) is 4.00. The van der Waals surface area contributed by atoms with E-state index in [0.29, 0.717) is 50.0 Å². The van der Waals surface area contributed by atoms with E-state index in [-0.39, 0.29) is 28.2 Å². The predicted molar refractivity (Wildman–Crippen MR) is 136 cm³/mol. The van der Waals surface area contributed by atoms with E-state index in [1.54, 1.807) is 24.1 Å². The molecule has 8 nitrogen and oxygen atoms in total. The second-order valence-corrected chi connectivity index (χ2v) is 9.28. The Balaban J connectivity index is 1.57. The first-order valence-electron chi connectivity index (χ1n) is 12.7. The minimum Gasteiger partial charge on any atom is -0.493 e. The van der Waals surface area contributed by atoms with E-state index in [9.17, 15) is 14.0 Å². The lowest BCUT2D eigenvalue weighted by Crippen LogP contribution is -2.42. The summed E-state index contributed by atoms with van der Waals surface area (Å²) in [5, 5.41) is 0.109. The van der Waals surface area contributed by atoms with Crippen molar-refractivity contribution >= 4 is 16.9 Å². The fraction of sp³-hybridized carbons (Fsp3) is 0.429. The molecule has 0 N–H and O–H groups in total. The number of nitrogens with zero attached hydrogens (tertiary/aromatic N) is 2. The number of rotatable bonds is 9. The van der Waals surface area contributed by atoms with Crippen molar-refractivity contribution in [3.63, 3.8) is 0 Å². The van der Waals surface area contributed by atoms with Crippen LogP contribution in [0.2, 0.25) is 0 Å². The summed E-state index contributed by atoms with van der Waals surface area (Å²) < 4.78 is 36.9. The van der Waals surface area contributed by atoms with E-state index in [0.717, 1.165) is 32.0 Å². The van der Waals surface area contributed by atoms with Crippen LogP contribution in [-0.2, 0) is 4.74 Å². The number of halogens is 1. The maximum atomic E-state index is 14.0. The highest BCUT2D eigenvalue weighted by Crippen LogP contribution is 2.41.